The molecular formula is C11H15FN2O. The van der Waals surface area contributed by atoms with Gasteiger partial charge in [-0.25, -0.2) is 4.39 Å². The van der Waals surface area contributed by atoms with Gasteiger partial charge < -0.3 is 15.7 Å². The minimum absolute atomic E-state index is 0.0710. The van der Waals surface area contributed by atoms with Gasteiger partial charge in [-0.1, -0.05) is 0 Å². The molecule has 1 aliphatic heterocycles. The summed E-state index contributed by atoms with van der Waals surface area (Å²) in [4.78, 5) is 1.95. The molecule has 0 spiro atoms. The monoisotopic (exact) mass is 210 g/mol. The van der Waals surface area contributed by atoms with Crippen LogP contribution in [0.15, 0.2) is 24.3 Å². The number of halogens is 1. The van der Waals surface area contributed by atoms with Gasteiger partial charge >= 0.3 is 0 Å². The number of anilines is 1. The van der Waals surface area contributed by atoms with Gasteiger partial charge in [-0.05, 0) is 24.3 Å². The number of alkyl halides is 1. The first-order valence-corrected chi connectivity index (χ1v) is 5.06. The Morgan fingerprint density at radius 1 is 1.40 bits per heavy atom. The summed E-state index contributed by atoms with van der Waals surface area (Å²) >= 11 is 0. The molecule has 2 rings (SSSR count). The fourth-order valence-corrected chi connectivity index (χ4v) is 1.89. The van der Waals surface area contributed by atoms with E-state index in [2.05, 4.69) is 0 Å². The van der Waals surface area contributed by atoms with Gasteiger partial charge in [-0.2, -0.15) is 0 Å². The fraction of sp³-hybridized carbons (Fsp3) is 0.455. The van der Waals surface area contributed by atoms with E-state index in [0.717, 1.165) is 5.69 Å². The second-order valence-corrected chi connectivity index (χ2v) is 4.04. The van der Waals surface area contributed by atoms with E-state index in [1.165, 1.54) is 0 Å². The summed E-state index contributed by atoms with van der Waals surface area (Å²) in [6, 6.07) is 6.79. The molecule has 1 saturated heterocycles. The molecular weight excluding hydrogens is 195 g/mol. The number of benzene rings is 1. The summed E-state index contributed by atoms with van der Waals surface area (Å²) < 4.78 is 13.8. The van der Waals surface area contributed by atoms with Crippen LogP contribution in [0.4, 0.5) is 10.1 Å². The van der Waals surface area contributed by atoms with Crippen molar-refractivity contribution in [2.24, 2.45) is 5.73 Å². The Morgan fingerprint density at radius 3 is 2.60 bits per heavy atom. The lowest BCUT2D eigenvalue weighted by Crippen LogP contribution is -2.36. The fourth-order valence-electron chi connectivity index (χ4n) is 1.89. The van der Waals surface area contributed by atoms with Crippen LogP contribution in [0.25, 0.3) is 0 Å². The molecule has 1 atom stereocenters. The smallest absolute Gasteiger partial charge is 0.142 e. The van der Waals surface area contributed by atoms with Crippen molar-refractivity contribution >= 4 is 5.69 Å². The highest BCUT2D eigenvalue weighted by Gasteiger charge is 2.36. The third-order valence-electron chi connectivity index (χ3n) is 2.88. The number of nitrogens with two attached hydrogens (primary N) is 1. The second kappa shape index (κ2) is 3.70. The van der Waals surface area contributed by atoms with E-state index in [9.17, 15) is 4.39 Å². The maximum absolute atomic E-state index is 13.8. The molecule has 0 aliphatic carbocycles. The quantitative estimate of drug-likeness (QED) is 0.772. The van der Waals surface area contributed by atoms with Gasteiger partial charge in [0.25, 0.3) is 0 Å². The number of hydrogen-bond acceptors (Lipinski definition) is 3. The maximum Gasteiger partial charge on any atom is 0.142 e. The van der Waals surface area contributed by atoms with Crippen LogP contribution >= 0.6 is 0 Å². The number of aromatic hydroxyl groups is 1. The average Bonchev–Trinajstić information content (AvgIpc) is 2.63. The second-order valence-electron chi connectivity index (χ2n) is 4.04. The molecule has 1 aliphatic rings. The summed E-state index contributed by atoms with van der Waals surface area (Å²) in [6.45, 7) is 1.09. The van der Waals surface area contributed by atoms with E-state index >= 15 is 0 Å². The molecule has 0 aromatic heterocycles. The zero-order valence-electron chi connectivity index (χ0n) is 8.49. The van der Waals surface area contributed by atoms with Crippen LogP contribution in [-0.4, -0.2) is 30.4 Å². The lowest BCUT2D eigenvalue weighted by Gasteiger charge is -2.20. The van der Waals surface area contributed by atoms with E-state index in [1.54, 1.807) is 24.3 Å². The van der Waals surface area contributed by atoms with Crippen molar-refractivity contribution < 1.29 is 9.50 Å². The molecule has 82 valence electrons. The van der Waals surface area contributed by atoms with E-state index in [0.29, 0.717) is 19.5 Å². The molecule has 1 unspecified atom stereocenters. The Morgan fingerprint density at radius 2 is 2.07 bits per heavy atom. The summed E-state index contributed by atoms with van der Waals surface area (Å²) in [5.41, 5.74) is 5.07. The Bertz CT molecular complexity index is 341. The highest BCUT2D eigenvalue weighted by molar-refractivity contribution is 5.50. The largest absolute Gasteiger partial charge is 0.508 e. The maximum atomic E-state index is 13.8. The van der Waals surface area contributed by atoms with Crippen LogP contribution in [0, 0.1) is 0 Å². The van der Waals surface area contributed by atoms with Crippen molar-refractivity contribution in [3.05, 3.63) is 24.3 Å². The third kappa shape index (κ3) is 2.04. The molecule has 1 aromatic carbocycles. The van der Waals surface area contributed by atoms with Crippen molar-refractivity contribution in [2.45, 2.75) is 12.1 Å². The Hall–Kier alpha value is -1.29. The first kappa shape index (κ1) is 10.2. The molecule has 0 radical (unpaired) electrons. The number of phenolic OH excluding ortho intramolecular Hbond substituents is 1. The zero-order valence-corrected chi connectivity index (χ0v) is 8.49. The van der Waals surface area contributed by atoms with Crippen LogP contribution in [-0.2, 0) is 0 Å². The standard InChI is InChI=1S/C11H15FN2O/c12-11(7-13)5-6-14(8-11)9-1-3-10(15)4-2-9/h1-4,15H,5-8,13H2. The number of rotatable bonds is 2. The van der Waals surface area contributed by atoms with E-state index < -0.39 is 5.67 Å². The van der Waals surface area contributed by atoms with Crippen LogP contribution in [0.2, 0.25) is 0 Å². The van der Waals surface area contributed by atoms with E-state index in [4.69, 9.17) is 10.8 Å². The normalized spacial score (nSPS) is 25.9. The lowest BCUT2D eigenvalue weighted by atomic mass is 10.1. The third-order valence-corrected chi connectivity index (χ3v) is 2.88. The van der Waals surface area contributed by atoms with Crippen molar-refractivity contribution in [3.8, 4) is 5.75 Å². The highest BCUT2D eigenvalue weighted by Crippen LogP contribution is 2.29. The van der Waals surface area contributed by atoms with E-state index in [1.807, 2.05) is 4.90 Å². The summed E-state index contributed by atoms with van der Waals surface area (Å²) in [7, 11) is 0. The van der Waals surface area contributed by atoms with Gasteiger partial charge in [-0.3, -0.25) is 0 Å². The van der Waals surface area contributed by atoms with Crippen LogP contribution in [0.5, 0.6) is 5.75 Å². The molecule has 3 N–H and O–H groups in total. The Balaban J connectivity index is 2.11. The van der Waals surface area contributed by atoms with Crippen molar-refractivity contribution in [3.63, 3.8) is 0 Å². The van der Waals surface area contributed by atoms with Crippen molar-refractivity contribution in [2.75, 3.05) is 24.5 Å². The molecule has 1 heterocycles. The zero-order chi connectivity index (χ0) is 10.9. The van der Waals surface area contributed by atoms with Gasteiger partial charge in [-0.15, -0.1) is 0 Å². The molecule has 0 bridgehead atoms. The number of hydrogen-bond donors (Lipinski definition) is 2. The van der Waals surface area contributed by atoms with Crippen molar-refractivity contribution in [1.29, 1.82) is 0 Å². The minimum atomic E-state index is -1.25. The molecule has 0 amide bonds. The predicted molar refractivity (Wildman–Crippen MR) is 57.8 cm³/mol. The topological polar surface area (TPSA) is 49.5 Å². The van der Waals surface area contributed by atoms with Crippen LogP contribution in [0.3, 0.4) is 0 Å². The molecule has 4 heteroatoms. The van der Waals surface area contributed by atoms with Crippen LogP contribution < -0.4 is 10.6 Å². The molecule has 0 saturated carbocycles. The van der Waals surface area contributed by atoms with Gasteiger partial charge in [0, 0.05) is 25.2 Å². The van der Waals surface area contributed by atoms with Gasteiger partial charge in [0.1, 0.15) is 11.4 Å². The van der Waals surface area contributed by atoms with Crippen molar-refractivity contribution in [1.82, 2.24) is 0 Å². The highest BCUT2D eigenvalue weighted by atomic mass is 19.1. The molecule has 15 heavy (non-hydrogen) atoms. The average molecular weight is 210 g/mol. The number of phenols is 1. The van der Waals surface area contributed by atoms with Gasteiger partial charge in [0.05, 0.1) is 6.54 Å². The SMILES string of the molecule is NCC1(F)CCN(c2ccc(O)cc2)C1. The first-order chi connectivity index (χ1) is 7.13. The summed E-state index contributed by atoms with van der Waals surface area (Å²) in [5, 5.41) is 9.14. The summed E-state index contributed by atoms with van der Waals surface area (Å²) in [6.07, 6.45) is 0.477. The van der Waals surface area contributed by atoms with Gasteiger partial charge in [0.2, 0.25) is 0 Å². The summed E-state index contributed by atoms with van der Waals surface area (Å²) in [5.74, 6) is 0.225. The Labute approximate surface area is 88.3 Å². The van der Waals surface area contributed by atoms with Crippen LogP contribution in [0.1, 0.15) is 6.42 Å². The van der Waals surface area contributed by atoms with E-state index in [-0.39, 0.29) is 12.3 Å². The molecule has 1 aromatic rings. The number of nitrogens with zero attached hydrogens (tertiary/aromatic N) is 1. The predicted octanol–water partition coefficient (Wildman–Crippen LogP) is 1.27. The molecule has 1 fully saturated rings. The minimum Gasteiger partial charge on any atom is -0.508 e. The first-order valence-electron chi connectivity index (χ1n) is 5.06. The lowest BCUT2D eigenvalue weighted by molar-refractivity contribution is 0.204. The Kier molecular flexibility index (Phi) is 2.52. The van der Waals surface area contributed by atoms with Gasteiger partial charge in [0.15, 0.2) is 0 Å². The molecule has 3 nitrogen and oxygen atoms in total.